The van der Waals surface area contributed by atoms with Gasteiger partial charge in [0.15, 0.2) is 47.4 Å². The van der Waals surface area contributed by atoms with Crippen LogP contribution in [0.2, 0.25) is 0 Å². The molecule has 44 heavy (non-hydrogen) atoms. The van der Waals surface area contributed by atoms with Crippen LogP contribution in [0.4, 0.5) is 20.5 Å². The summed E-state index contributed by atoms with van der Waals surface area (Å²) in [5, 5.41) is 0. The molecule has 0 aromatic carbocycles. The van der Waals surface area contributed by atoms with Crippen molar-refractivity contribution in [3.8, 4) is 0 Å². The third kappa shape index (κ3) is 5.09. The number of rotatable bonds is 2. The quantitative estimate of drug-likeness (QED) is 0.169. The maximum Gasteiger partial charge on any atom is 0.386 e. The highest BCUT2D eigenvalue weighted by molar-refractivity contribution is 8.44. The van der Waals surface area contributed by atoms with Gasteiger partial charge in [-0.1, -0.05) is 12.2 Å². The molecule has 10 atom stereocenters. The Hall–Kier alpha value is -3.07. The molecule has 0 bridgehead atoms. The molecule has 5 N–H and O–H groups in total. The SMILES string of the molecule is Nc1nc2c(ncn2[C@@H]2O[C@@H]3CO[P@@](=O)(S)O[C@H]4[C@@H](F)[C@H](n5cnc6c(N)ncnc65)O[C@@H]4CO[PH](=O)O[C@H]3[C@H]2F)c(=O)[nH]1. The van der Waals surface area contributed by atoms with Crippen LogP contribution in [-0.2, 0) is 36.7 Å². The Morgan fingerprint density at radius 1 is 0.977 bits per heavy atom. The van der Waals surface area contributed by atoms with E-state index >= 15 is 8.78 Å². The van der Waals surface area contributed by atoms with Gasteiger partial charge in [-0.25, -0.2) is 33.3 Å². The number of aromatic amines is 1. The Labute approximate surface area is 249 Å². The molecule has 0 saturated carbocycles. The number of hydrogen-bond donors (Lipinski definition) is 4. The monoisotopic (exact) mass is 678 g/mol. The summed E-state index contributed by atoms with van der Waals surface area (Å²) in [5.74, 6) is -0.205. The molecule has 4 aromatic rings. The van der Waals surface area contributed by atoms with Crippen LogP contribution in [0, 0.1) is 0 Å². The molecule has 0 amide bonds. The molecule has 24 heteroatoms. The van der Waals surface area contributed by atoms with E-state index in [-0.39, 0.29) is 34.1 Å². The van der Waals surface area contributed by atoms with Gasteiger partial charge in [0.25, 0.3) is 5.56 Å². The molecule has 7 heterocycles. The van der Waals surface area contributed by atoms with Crippen molar-refractivity contribution >= 4 is 61.4 Å². The summed E-state index contributed by atoms with van der Waals surface area (Å²) in [6.07, 6.45) is -9.41. The standard InChI is InChI=1S/C20H22F2N10O9P2S/c21-8-12-7(39-18(8)32-5-28-11-16(32)29-20(24)30-17(11)33)2-37-43(35,44)41-13-6(1-36-42(34)40-12)38-19(9(13)22)31-4-27-10-14(23)25-3-26-15(10)31/h3-9,12-13,18-19,42H,1-2H2,(H,35,44)(H2,23,25,26)(H3,24,29,30,33)/t6-,7-,8-,9-,12-,13-,18-,19-,43-/m1/s1. The van der Waals surface area contributed by atoms with Crippen molar-refractivity contribution < 1.29 is 45.5 Å². The molecule has 7 rings (SSSR count). The number of anilines is 2. The first-order valence-electron chi connectivity index (χ1n) is 12.7. The topological polar surface area (TPSA) is 249 Å². The van der Waals surface area contributed by atoms with Crippen molar-refractivity contribution in [1.29, 1.82) is 0 Å². The molecular weight excluding hydrogens is 656 g/mol. The number of thiol groups is 1. The molecule has 0 radical (unpaired) electrons. The number of H-pyrrole nitrogens is 1. The second kappa shape index (κ2) is 11.1. The van der Waals surface area contributed by atoms with Crippen molar-refractivity contribution in [2.45, 2.75) is 49.2 Å². The zero-order valence-electron chi connectivity index (χ0n) is 21.9. The molecule has 236 valence electrons. The van der Waals surface area contributed by atoms with E-state index in [0.29, 0.717) is 0 Å². The molecule has 3 fully saturated rings. The number of ether oxygens (including phenoxy) is 2. The van der Waals surface area contributed by atoms with E-state index in [1.54, 1.807) is 0 Å². The third-order valence-electron chi connectivity index (χ3n) is 7.17. The number of alkyl halides is 2. The predicted octanol–water partition coefficient (Wildman–Crippen LogP) is 0.840. The van der Waals surface area contributed by atoms with Gasteiger partial charge in [-0.05, 0) is 0 Å². The van der Waals surface area contributed by atoms with Gasteiger partial charge in [0.1, 0.15) is 36.3 Å². The van der Waals surface area contributed by atoms with E-state index in [0.717, 1.165) is 17.2 Å². The second-order valence-electron chi connectivity index (χ2n) is 9.86. The highest BCUT2D eigenvalue weighted by Gasteiger charge is 2.53. The number of nitrogen functional groups attached to an aromatic ring is 2. The van der Waals surface area contributed by atoms with Crippen LogP contribution in [0.15, 0.2) is 23.8 Å². The zero-order valence-corrected chi connectivity index (χ0v) is 24.7. The van der Waals surface area contributed by atoms with Crippen molar-refractivity contribution in [1.82, 2.24) is 39.0 Å². The summed E-state index contributed by atoms with van der Waals surface area (Å²) in [5.41, 5.74) is 10.9. The number of nitrogens with two attached hydrogens (primary N) is 2. The highest BCUT2D eigenvalue weighted by atomic mass is 32.7. The summed E-state index contributed by atoms with van der Waals surface area (Å²) >= 11 is 3.97. The van der Waals surface area contributed by atoms with Crippen LogP contribution in [0.25, 0.3) is 22.3 Å². The van der Waals surface area contributed by atoms with E-state index in [9.17, 15) is 13.9 Å². The fraction of sp³-hybridized carbons (Fsp3) is 0.500. The Morgan fingerprint density at radius 3 is 2.39 bits per heavy atom. The van der Waals surface area contributed by atoms with Gasteiger partial charge in [0.2, 0.25) is 5.95 Å². The Balaban J connectivity index is 1.15. The smallest absolute Gasteiger partial charge is 0.382 e. The summed E-state index contributed by atoms with van der Waals surface area (Å²) in [7, 11) is -3.49. The molecule has 3 saturated heterocycles. The van der Waals surface area contributed by atoms with E-state index in [4.69, 9.17) is 39.0 Å². The lowest BCUT2D eigenvalue weighted by molar-refractivity contribution is -0.0539. The number of fused-ring (bicyclic) bond motifs is 4. The molecule has 3 aliphatic heterocycles. The van der Waals surface area contributed by atoms with Gasteiger partial charge in [-0.3, -0.25) is 32.5 Å². The largest absolute Gasteiger partial charge is 0.386 e. The summed E-state index contributed by atoms with van der Waals surface area (Å²) < 4.78 is 93.3. The summed E-state index contributed by atoms with van der Waals surface area (Å²) in [6.45, 7) is -5.65. The number of nitrogens with one attached hydrogen (secondary N) is 1. The lowest BCUT2D eigenvalue weighted by Crippen LogP contribution is -2.36. The van der Waals surface area contributed by atoms with Crippen LogP contribution in [-0.4, -0.2) is 89.0 Å². The maximum absolute atomic E-state index is 15.9. The van der Waals surface area contributed by atoms with Crippen LogP contribution in [0.3, 0.4) is 0 Å². The van der Waals surface area contributed by atoms with Crippen molar-refractivity contribution in [2.24, 2.45) is 0 Å². The van der Waals surface area contributed by atoms with Crippen molar-refractivity contribution in [2.75, 3.05) is 24.7 Å². The van der Waals surface area contributed by atoms with Gasteiger partial charge < -0.3 is 30.0 Å². The first kappa shape index (κ1) is 29.6. The minimum atomic E-state index is -4.39. The summed E-state index contributed by atoms with van der Waals surface area (Å²) in [6, 6.07) is 0. The number of aromatic nitrogens is 8. The van der Waals surface area contributed by atoms with Crippen LogP contribution in [0.5, 0.6) is 0 Å². The van der Waals surface area contributed by atoms with E-state index in [2.05, 4.69) is 42.2 Å². The van der Waals surface area contributed by atoms with Gasteiger partial charge in [-0.15, -0.1) is 0 Å². The highest BCUT2D eigenvalue weighted by Crippen LogP contribution is 2.57. The number of imidazole rings is 2. The van der Waals surface area contributed by atoms with Gasteiger partial charge in [-0.2, -0.15) is 4.98 Å². The lowest BCUT2D eigenvalue weighted by Gasteiger charge is -2.26. The summed E-state index contributed by atoms with van der Waals surface area (Å²) in [4.78, 5) is 34.4. The Kier molecular flexibility index (Phi) is 7.46. The minimum absolute atomic E-state index is 0.0497. The lowest BCUT2D eigenvalue weighted by atomic mass is 10.1. The van der Waals surface area contributed by atoms with Crippen LogP contribution < -0.4 is 17.0 Å². The number of nitrogens with zero attached hydrogens (tertiary/aromatic N) is 7. The molecular formula is C20H22F2N10O9P2S. The average molecular weight is 678 g/mol. The maximum atomic E-state index is 15.9. The first-order chi connectivity index (χ1) is 21.0. The minimum Gasteiger partial charge on any atom is -0.382 e. The molecule has 0 aliphatic carbocycles. The first-order valence-corrected chi connectivity index (χ1v) is 16.7. The van der Waals surface area contributed by atoms with E-state index in [1.807, 2.05) is 0 Å². The third-order valence-corrected chi connectivity index (χ3v) is 9.66. The number of hydrogen-bond acceptors (Lipinski definition) is 16. The van der Waals surface area contributed by atoms with E-state index in [1.165, 1.54) is 10.9 Å². The fourth-order valence-corrected chi connectivity index (χ4v) is 7.56. The van der Waals surface area contributed by atoms with Gasteiger partial charge in [0, 0.05) is 0 Å². The van der Waals surface area contributed by atoms with Crippen LogP contribution >= 0.6 is 27.3 Å². The molecule has 0 spiro atoms. The predicted molar refractivity (Wildman–Crippen MR) is 147 cm³/mol. The average Bonchev–Trinajstić information content (AvgIpc) is 3.72. The zero-order chi connectivity index (χ0) is 30.9. The second-order valence-corrected chi connectivity index (χ2v) is 13.8. The fourth-order valence-electron chi connectivity index (χ4n) is 5.20. The van der Waals surface area contributed by atoms with Crippen molar-refractivity contribution in [3.63, 3.8) is 0 Å². The normalized spacial score (nSPS) is 36.6. The molecule has 1 unspecified atom stereocenters. The van der Waals surface area contributed by atoms with Gasteiger partial charge in [0.05, 0.1) is 25.9 Å². The number of halogens is 2. The Bertz CT molecular complexity index is 1880. The van der Waals surface area contributed by atoms with E-state index < -0.39 is 83.0 Å². The van der Waals surface area contributed by atoms with Crippen LogP contribution in [0.1, 0.15) is 12.5 Å². The Morgan fingerprint density at radius 2 is 1.64 bits per heavy atom. The molecule has 4 aromatic heterocycles. The molecule has 3 aliphatic rings. The molecule has 19 nitrogen and oxygen atoms in total. The van der Waals surface area contributed by atoms with Gasteiger partial charge >= 0.3 is 15.1 Å². The van der Waals surface area contributed by atoms with Crippen molar-refractivity contribution in [3.05, 3.63) is 29.3 Å².